The van der Waals surface area contributed by atoms with Gasteiger partial charge >= 0.3 is 5.97 Å². The summed E-state index contributed by atoms with van der Waals surface area (Å²) in [4.78, 5) is 37.2. The number of carboxylic acid groups (broad SMARTS) is 1. The standard InChI is InChI=1S/C20H17NO5S/c1-13-5-4-6-14(9-13)11-21-19(24)17(27-20(21)25)10-15-7-2-3-8-16(15)26-12-18(22)23/h2-10H,11-12H2,1H3,(H,22,23)/b17-10-. The number of nitrogens with zero attached hydrogens (tertiary/aromatic N) is 1. The third-order valence-electron chi connectivity index (χ3n) is 3.85. The topological polar surface area (TPSA) is 83.9 Å². The highest BCUT2D eigenvalue weighted by molar-refractivity contribution is 8.18. The van der Waals surface area contributed by atoms with E-state index in [1.807, 2.05) is 31.2 Å². The Morgan fingerprint density at radius 3 is 2.70 bits per heavy atom. The molecule has 2 aromatic carbocycles. The Kier molecular flexibility index (Phi) is 5.61. The Labute approximate surface area is 160 Å². The van der Waals surface area contributed by atoms with E-state index in [0.29, 0.717) is 11.3 Å². The maximum absolute atomic E-state index is 12.7. The first-order chi connectivity index (χ1) is 12.9. The molecule has 138 valence electrons. The normalized spacial score (nSPS) is 15.4. The van der Waals surface area contributed by atoms with Crippen molar-refractivity contribution in [3.8, 4) is 5.75 Å². The fourth-order valence-electron chi connectivity index (χ4n) is 2.64. The Morgan fingerprint density at radius 2 is 1.96 bits per heavy atom. The molecule has 0 radical (unpaired) electrons. The largest absolute Gasteiger partial charge is 0.481 e. The van der Waals surface area contributed by atoms with E-state index in [1.54, 1.807) is 30.3 Å². The molecule has 27 heavy (non-hydrogen) atoms. The first-order valence-corrected chi connectivity index (χ1v) is 9.00. The molecular formula is C20H17NO5S. The maximum Gasteiger partial charge on any atom is 0.341 e. The zero-order valence-corrected chi connectivity index (χ0v) is 15.4. The van der Waals surface area contributed by atoms with E-state index in [2.05, 4.69) is 0 Å². The lowest BCUT2D eigenvalue weighted by Crippen LogP contribution is -2.27. The number of amides is 2. The van der Waals surface area contributed by atoms with Crippen LogP contribution in [0, 0.1) is 6.92 Å². The summed E-state index contributed by atoms with van der Waals surface area (Å²) in [5.74, 6) is -1.13. The number of hydrogen-bond donors (Lipinski definition) is 1. The van der Waals surface area contributed by atoms with Crippen LogP contribution in [0.15, 0.2) is 53.4 Å². The van der Waals surface area contributed by atoms with Crippen molar-refractivity contribution in [3.63, 3.8) is 0 Å². The number of rotatable bonds is 6. The van der Waals surface area contributed by atoms with Crippen LogP contribution in [0.25, 0.3) is 6.08 Å². The molecule has 7 heteroatoms. The van der Waals surface area contributed by atoms with Crippen LogP contribution in [-0.4, -0.2) is 33.7 Å². The Balaban J connectivity index is 1.81. The summed E-state index contributed by atoms with van der Waals surface area (Å²) in [6.07, 6.45) is 1.55. The highest BCUT2D eigenvalue weighted by Gasteiger charge is 2.35. The summed E-state index contributed by atoms with van der Waals surface area (Å²) in [6, 6.07) is 14.4. The summed E-state index contributed by atoms with van der Waals surface area (Å²) in [6.45, 7) is 1.67. The molecule has 0 atom stereocenters. The van der Waals surface area contributed by atoms with Gasteiger partial charge < -0.3 is 9.84 Å². The summed E-state index contributed by atoms with van der Waals surface area (Å²) >= 11 is 0.860. The number of carboxylic acids is 1. The van der Waals surface area contributed by atoms with Crippen LogP contribution in [0.3, 0.4) is 0 Å². The van der Waals surface area contributed by atoms with Gasteiger partial charge in [-0.25, -0.2) is 4.79 Å². The van der Waals surface area contributed by atoms with Gasteiger partial charge in [0.2, 0.25) is 0 Å². The average Bonchev–Trinajstić information content (AvgIpc) is 2.88. The summed E-state index contributed by atoms with van der Waals surface area (Å²) in [5.41, 5.74) is 2.48. The lowest BCUT2D eigenvalue weighted by molar-refractivity contribution is -0.139. The molecule has 2 aromatic rings. The van der Waals surface area contributed by atoms with Crippen LogP contribution in [0.1, 0.15) is 16.7 Å². The molecule has 0 spiro atoms. The Morgan fingerprint density at radius 1 is 1.19 bits per heavy atom. The van der Waals surface area contributed by atoms with E-state index in [4.69, 9.17) is 9.84 Å². The van der Waals surface area contributed by atoms with Crippen molar-refractivity contribution < 1.29 is 24.2 Å². The van der Waals surface area contributed by atoms with Crippen molar-refractivity contribution in [1.29, 1.82) is 0 Å². The third kappa shape index (κ3) is 4.57. The van der Waals surface area contributed by atoms with E-state index >= 15 is 0 Å². The van der Waals surface area contributed by atoms with Gasteiger partial charge in [0.05, 0.1) is 11.4 Å². The van der Waals surface area contributed by atoms with Gasteiger partial charge in [-0.05, 0) is 36.4 Å². The number of para-hydroxylation sites is 1. The average molecular weight is 383 g/mol. The number of carbonyl (C=O) groups is 3. The van der Waals surface area contributed by atoms with Gasteiger partial charge in [-0.1, -0.05) is 48.0 Å². The number of aliphatic carboxylic acids is 1. The van der Waals surface area contributed by atoms with Gasteiger partial charge in [0.1, 0.15) is 5.75 Å². The second-order valence-electron chi connectivity index (χ2n) is 5.98. The number of ether oxygens (including phenoxy) is 1. The molecule has 1 fully saturated rings. The maximum atomic E-state index is 12.7. The lowest BCUT2D eigenvalue weighted by atomic mass is 10.1. The highest BCUT2D eigenvalue weighted by Crippen LogP contribution is 2.34. The molecule has 3 rings (SSSR count). The molecule has 1 N–H and O–H groups in total. The lowest BCUT2D eigenvalue weighted by Gasteiger charge is -2.12. The summed E-state index contributed by atoms with van der Waals surface area (Å²) in [7, 11) is 0. The van der Waals surface area contributed by atoms with Crippen LogP contribution in [0.2, 0.25) is 0 Å². The van der Waals surface area contributed by atoms with E-state index in [0.717, 1.165) is 22.9 Å². The number of imide groups is 1. The van der Waals surface area contributed by atoms with Crippen molar-refractivity contribution >= 4 is 35.0 Å². The Hall–Kier alpha value is -3.06. The minimum atomic E-state index is -1.09. The fourth-order valence-corrected chi connectivity index (χ4v) is 3.47. The monoisotopic (exact) mass is 383 g/mol. The quantitative estimate of drug-likeness (QED) is 0.766. The molecule has 6 nitrogen and oxygen atoms in total. The predicted molar refractivity (Wildman–Crippen MR) is 102 cm³/mol. The van der Waals surface area contributed by atoms with Crippen LogP contribution >= 0.6 is 11.8 Å². The van der Waals surface area contributed by atoms with Crippen LogP contribution in [0.5, 0.6) is 5.75 Å². The van der Waals surface area contributed by atoms with Crippen molar-refractivity contribution in [2.75, 3.05) is 6.61 Å². The molecule has 0 bridgehead atoms. The highest BCUT2D eigenvalue weighted by atomic mass is 32.2. The van der Waals surface area contributed by atoms with Crippen molar-refractivity contribution in [2.24, 2.45) is 0 Å². The number of benzene rings is 2. The molecule has 1 saturated heterocycles. The zero-order chi connectivity index (χ0) is 19.4. The SMILES string of the molecule is Cc1cccc(CN2C(=O)S/C(=C\c3ccccc3OCC(=O)O)C2=O)c1. The fraction of sp³-hybridized carbons (Fsp3) is 0.150. The van der Waals surface area contributed by atoms with Crippen molar-refractivity contribution in [2.45, 2.75) is 13.5 Å². The van der Waals surface area contributed by atoms with Gasteiger partial charge in [0.25, 0.3) is 11.1 Å². The summed E-state index contributed by atoms with van der Waals surface area (Å²) < 4.78 is 5.24. The molecule has 1 aliphatic rings. The number of thioether (sulfide) groups is 1. The number of hydrogen-bond acceptors (Lipinski definition) is 5. The van der Waals surface area contributed by atoms with E-state index in [-0.39, 0.29) is 22.6 Å². The second kappa shape index (κ2) is 8.09. The molecule has 1 heterocycles. The minimum Gasteiger partial charge on any atom is -0.481 e. The van der Waals surface area contributed by atoms with Crippen molar-refractivity contribution in [1.82, 2.24) is 4.90 Å². The third-order valence-corrected chi connectivity index (χ3v) is 4.76. The molecule has 0 saturated carbocycles. The summed E-state index contributed by atoms with van der Waals surface area (Å²) in [5, 5.41) is 8.43. The number of carbonyl (C=O) groups excluding carboxylic acids is 2. The van der Waals surface area contributed by atoms with Crippen LogP contribution in [-0.2, 0) is 16.1 Å². The second-order valence-corrected chi connectivity index (χ2v) is 6.97. The first kappa shape index (κ1) is 18.7. The van der Waals surface area contributed by atoms with E-state index in [1.165, 1.54) is 4.90 Å². The smallest absolute Gasteiger partial charge is 0.341 e. The van der Waals surface area contributed by atoms with Gasteiger partial charge in [-0.15, -0.1) is 0 Å². The van der Waals surface area contributed by atoms with Gasteiger partial charge in [0.15, 0.2) is 6.61 Å². The number of aryl methyl sites for hydroxylation is 1. The predicted octanol–water partition coefficient (Wildman–Crippen LogP) is 3.69. The van der Waals surface area contributed by atoms with E-state index in [9.17, 15) is 14.4 Å². The molecule has 1 aliphatic heterocycles. The molecule has 0 unspecified atom stereocenters. The molecular weight excluding hydrogens is 366 g/mol. The molecule has 0 aliphatic carbocycles. The van der Waals surface area contributed by atoms with Crippen LogP contribution < -0.4 is 4.74 Å². The first-order valence-electron chi connectivity index (χ1n) is 8.18. The van der Waals surface area contributed by atoms with Crippen LogP contribution in [0.4, 0.5) is 4.79 Å². The minimum absolute atomic E-state index is 0.209. The van der Waals surface area contributed by atoms with E-state index < -0.39 is 12.6 Å². The molecule has 2 amide bonds. The van der Waals surface area contributed by atoms with Crippen molar-refractivity contribution in [3.05, 3.63) is 70.1 Å². The Bertz CT molecular complexity index is 937. The van der Waals surface area contributed by atoms with Gasteiger partial charge in [-0.2, -0.15) is 0 Å². The zero-order valence-electron chi connectivity index (χ0n) is 14.5. The van der Waals surface area contributed by atoms with Gasteiger partial charge in [0, 0.05) is 5.56 Å². The molecule has 0 aromatic heterocycles. The van der Waals surface area contributed by atoms with Gasteiger partial charge in [-0.3, -0.25) is 14.5 Å².